The first kappa shape index (κ1) is 18.0. The van der Waals surface area contributed by atoms with Gasteiger partial charge in [0.1, 0.15) is 11.8 Å². The number of aromatic nitrogens is 1. The van der Waals surface area contributed by atoms with E-state index in [1.54, 1.807) is 32.5 Å². The molecule has 1 aromatic carbocycles. The summed E-state index contributed by atoms with van der Waals surface area (Å²) in [5.41, 5.74) is 2.10. The van der Waals surface area contributed by atoms with Crippen molar-refractivity contribution in [1.82, 2.24) is 4.98 Å². The minimum atomic E-state index is -0.470. The summed E-state index contributed by atoms with van der Waals surface area (Å²) in [6.45, 7) is 1.95. The van der Waals surface area contributed by atoms with Gasteiger partial charge in [-0.2, -0.15) is 0 Å². The van der Waals surface area contributed by atoms with Crippen LogP contribution in [0, 0.1) is 0 Å². The molecule has 7 heteroatoms. The minimum Gasteiger partial charge on any atom is -0.505 e. The Kier molecular flexibility index (Phi) is 4.99. The maximum absolute atomic E-state index is 11.1. The molecule has 0 bridgehead atoms. The number of carbonyl (C=O) groups excluding carboxylic acids is 1. The number of nitrogens with zero attached hydrogens (tertiary/aromatic N) is 1. The third kappa shape index (κ3) is 2.74. The highest BCUT2D eigenvalue weighted by molar-refractivity contribution is 5.77. The van der Waals surface area contributed by atoms with Crippen molar-refractivity contribution in [3.05, 3.63) is 40.7 Å². The van der Waals surface area contributed by atoms with E-state index in [2.05, 4.69) is 4.98 Å². The summed E-state index contributed by atoms with van der Waals surface area (Å²) < 4.78 is 22.3. The third-order valence-electron chi connectivity index (χ3n) is 4.53. The molecule has 2 unspecified atom stereocenters. The Labute approximate surface area is 151 Å². The lowest BCUT2D eigenvalue weighted by molar-refractivity contribution is 0.0305. The van der Waals surface area contributed by atoms with Crippen LogP contribution in [0.25, 0.3) is 0 Å². The van der Waals surface area contributed by atoms with Gasteiger partial charge in [-0.3, -0.25) is 4.79 Å². The number of fused-ring (bicyclic) bond motifs is 1. The number of methoxy groups -OCH3 is 3. The Morgan fingerprint density at radius 1 is 1.19 bits per heavy atom. The molecule has 1 aromatic heterocycles. The van der Waals surface area contributed by atoms with Gasteiger partial charge in [0.25, 0.3) is 0 Å². The van der Waals surface area contributed by atoms with Crippen molar-refractivity contribution in [2.75, 3.05) is 21.3 Å². The van der Waals surface area contributed by atoms with Crippen LogP contribution in [0.2, 0.25) is 0 Å². The largest absolute Gasteiger partial charge is 0.505 e. The van der Waals surface area contributed by atoms with Crippen LogP contribution in [0.4, 0.5) is 0 Å². The number of aromatic hydroxyl groups is 1. The van der Waals surface area contributed by atoms with Crippen LogP contribution in [-0.2, 0) is 4.74 Å². The summed E-state index contributed by atoms with van der Waals surface area (Å²) in [4.78, 5) is 15.1. The average molecular weight is 359 g/mol. The zero-order chi connectivity index (χ0) is 18.8. The molecule has 138 valence electrons. The molecule has 1 N–H and O–H groups in total. The van der Waals surface area contributed by atoms with Gasteiger partial charge >= 0.3 is 0 Å². The van der Waals surface area contributed by atoms with Crippen molar-refractivity contribution in [3.63, 3.8) is 0 Å². The van der Waals surface area contributed by atoms with Gasteiger partial charge in [-0.25, -0.2) is 4.98 Å². The van der Waals surface area contributed by atoms with Crippen molar-refractivity contribution in [2.24, 2.45) is 0 Å². The number of hydrogen-bond donors (Lipinski definition) is 1. The van der Waals surface area contributed by atoms with E-state index in [-0.39, 0.29) is 17.5 Å². The van der Waals surface area contributed by atoms with E-state index in [0.29, 0.717) is 41.1 Å². The van der Waals surface area contributed by atoms with Gasteiger partial charge in [0.2, 0.25) is 5.75 Å². The van der Waals surface area contributed by atoms with Gasteiger partial charge in [0, 0.05) is 17.3 Å². The highest BCUT2D eigenvalue weighted by Crippen LogP contribution is 2.50. The summed E-state index contributed by atoms with van der Waals surface area (Å²) in [5.74, 6) is 1.38. The van der Waals surface area contributed by atoms with E-state index in [4.69, 9.17) is 18.9 Å². The van der Waals surface area contributed by atoms with Crippen LogP contribution in [0.5, 0.6) is 23.0 Å². The normalized spacial score (nSPS) is 18.3. The highest BCUT2D eigenvalue weighted by Gasteiger charge is 2.36. The minimum absolute atomic E-state index is 0.0105. The molecular formula is C19H21NO6. The molecule has 0 saturated carbocycles. The molecule has 0 fully saturated rings. The van der Waals surface area contributed by atoms with E-state index in [1.165, 1.54) is 7.11 Å². The second kappa shape index (κ2) is 7.21. The number of aldehydes is 1. The fourth-order valence-corrected chi connectivity index (χ4v) is 3.29. The molecule has 3 rings (SSSR count). The van der Waals surface area contributed by atoms with Crippen molar-refractivity contribution in [1.29, 1.82) is 0 Å². The maximum Gasteiger partial charge on any atom is 0.203 e. The van der Waals surface area contributed by atoms with Crippen LogP contribution in [0.3, 0.4) is 0 Å². The molecule has 2 atom stereocenters. The van der Waals surface area contributed by atoms with Crippen molar-refractivity contribution in [3.8, 4) is 23.0 Å². The Bertz CT molecular complexity index is 810. The van der Waals surface area contributed by atoms with Gasteiger partial charge in [0.15, 0.2) is 23.5 Å². The molecule has 7 nitrogen and oxygen atoms in total. The van der Waals surface area contributed by atoms with E-state index in [9.17, 15) is 9.90 Å². The first-order valence-corrected chi connectivity index (χ1v) is 8.21. The van der Waals surface area contributed by atoms with Gasteiger partial charge in [0.05, 0.1) is 27.4 Å². The monoisotopic (exact) mass is 359 g/mol. The zero-order valence-corrected chi connectivity index (χ0v) is 15.1. The predicted molar refractivity (Wildman–Crippen MR) is 93.3 cm³/mol. The Morgan fingerprint density at radius 3 is 2.35 bits per heavy atom. The second-order valence-electron chi connectivity index (χ2n) is 5.85. The van der Waals surface area contributed by atoms with Gasteiger partial charge < -0.3 is 24.1 Å². The summed E-state index contributed by atoms with van der Waals surface area (Å²) in [7, 11) is 4.63. The van der Waals surface area contributed by atoms with Crippen LogP contribution in [0.15, 0.2) is 18.3 Å². The zero-order valence-electron chi connectivity index (χ0n) is 15.1. The number of ether oxygens (including phenoxy) is 4. The molecule has 1 aliphatic rings. The van der Waals surface area contributed by atoms with Crippen LogP contribution >= 0.6 is 0 Å². The standard InChI is InChI=1S/C19H21NO6/c1-5-13-16-11(8-20-12(9-21)17(16)22)18(26-13)10-6-14(23-2)19(25-4)15(7-10)24-3/h6-9,13,18,22H,5H2,1-4H3. The number of rotatable bonds is 6. The fourth-order valence-electron chi connectivity index (χ4n) is 3.29. The lowest BCUT2D eigenvalue weighted by Gasteiger charge is -2.18. The molecule has 0 amide bonds. The molecule has 2 aromatic rings. The van der Waals surface area contributed by atoms with E-state index >= 15 is 0 Å². The van der Waals surface area contributed by atoms with Gasteiger partial charge in [-0.1, -0.05) is 6.92 Å². The molecule has 0 saturated heterocycles. The van der Waals surface area contributed by atoms with Crippen molar-refractivity contribution in [2.45, 2.75) is 25.6 Å². The third-order valence-corrected chi connectivity index (χ3v) is 4.53. The van der Waals surface area contributed by atoms with Crippen LogP contribution in [0.1, 0.15) is 52.7 Å². The number of carbonyl (C=O) groups is 1. The van der Waals surface area contributed by atoms with Crippen LogP contribution in [-0.4, -0.2) is 37.7 Å². The SMILES string of the molecule is CCC1OC(c2cc(OC)c(OC)c(OC)c2)c2cnc(C=O)c(O)c21. The molecular weight excluding hydrogens is 338 g/mol. The molecule has 1 aliphatic heterocycles. The topological polar surface area (TPSA) is 87.1 Å². The summed E-state index contributed by atoms with van der Waals surface area (Å²) in [5, 5.41) is 10.4. The second-order valence-corrected chi connectivity index (χ2v) is 5.85. The molecule has 2 heterocycles. The average Bonchev–Trinajstić information content (AvgIpc) is 3.06. The van der Waals surface area contributed by atoms with Gasteiger partial charge in [-0.05, 0) is 24.1 Å². The molecule has 26 heavy (non-hydrogen) atoms. The number of benzene rings is 1. The van der Waals surface area contributed by atoms with Gasteiger partial charge in [-0.15, -0.1) is 0 Å². The Balaban J connectivity index is 2.16. The van der Waals surface area contributed by atoms with Crippen LogP contribution < -0.4 is 14.2 Å². The quantitative estimate of drug-likeness (QED) is 0.793. The first-order valence-electron chi connectivity index (χ1n) is 8.21. The molecule has 0 aliphatic carbocycles. The number of pyridine rings is 1. The Morgan fingerprint density at radius 2 is 1.85 bits per heavy atom. The summed E-state index contributed by atoms with van der Waals surface area (Å²) in [6.07, 6.45) is 1.94. The number of hydrogen-bond acceptors (Lipinski definition) is 7. The lowest BCUT2D eigenvalue weighted by Crippen LogP contribution is -2.03. The Hall–Kier alpha value is -2.80. The summed E-state index contributed by atoms with van der Waals surface area (Å²) >= 11 is 0. The van der Waals surface area contributed by atoms with E-state index in [1.807, 2.05) is 6.92 Å². The lowest BCUT2D eigenvalue weighted by atomic mass is 9.97. The predicted octanol–water partition coefficient (Wildman–Crippen LogP) is 3.20. The first-order chi connectivity index (χ1) is 12.6. The summed E-state index contributed by atoms with van der Waals surface area (Å²) in [6, 6.07) is 3.61. The van der Waals surface area contributed by atoms with Crippen molar-refractivity contribution < 1.29 is 28.8 Å². The molecule has 0 radical (unpaired) electrons. The maximum atomic E-state index is 11.1. The van der Waals surface area contributed by atoms with E-state index in [0.717, 1.165) is 5.56 Å². The fraction of sp³-hybridized carbons (Fsp3) is 0.368. The highest BCUT2D eigenvalue weighted by atomic mass is 16.5. The van der Waals surface area contributed by atoms with Crippen molar-refractivity contribution >= 4 is 6.29 Å². The smallest absolute Gasteiger partial charge is 0.203 e. The molecule has 0 spiro atoms. The van der Waals surface area contributed by atoms with E-state index < -0.39 is 6.10 Å².